The maximum absolute atomic E-state index is 12.1. The maximum Gasteiger partial charge on any atom is 0.227 e. The van der Waals surface area contributed by atoms with Gasteiger partial charge in [-0.15, -0.1) is 0 Å². The van der Waals surface area contributed by atoms with Gasteiger partial charge in [0, 0.05) is 23.6 Å². The van der Waals surface area contributed by atoms with Gasteiger partial charge in [0.05, 0.1) is 5.92 Å². The van der Waals surface area contributed by atoms with Crippen LogP contribution in [-0.2, 0) is 4.79 Å². The molecule has 2 rings (SSSR count). The maximum atomic E-state index is 12.1. The van der Waals surface area contributed by atoms with Crippen LogP contribution in [0.3, 0.4) is 0 Å². The van der Waals surface area contributed by atoms with Crippen molar-refractivity contribution in [2.45, 2.75) is 23.2 Å². The van der Waals surface area contributed by atoms with Crippen molar-refractivity contribution < 1.29 is 4.79 Å². The third-order valence-corrected chi connectivity index (χ3v) is 4.72. The number of likely N-dealkylation sites (tertiary alicyclic amines) is 2. The van der Waals surface area contributed by atoms with Crippen molar-refractivity contribution in [1.29, 1.82) is 0 Å². The van der Waals surface area contributed by atoms with Gasteiger partial charge < -0.3 is 9.80 Å². The lowest BCUT2D eigenvalue weighted by Gasteiger charge is -2.31. The van der Waals surface area contributed by atoms with Gasteiger partial charge in [0.2, 0.25) is 5.91 Å². The van der Waals surface area contributed by atoms with E-state index in [9.17, 15) is 4.79 Å². The first-order chi connectivity index (χ1) is 7.16. The second-order valence-electron chi connectivity index (χ2n) is 4.75. The molecule has 2 heterocycles. The predicted octanol–water partition coefficient (Wildman–Crippen LogP) is 1.36. The summed E-state index contributed by atoms with van der Waals surface area (Å²) in [6.45, 7) is 4.00. The summed E-state index contributed by atoms with van der Waals surface area (Å²) in [6.07, 6.45) is 3.41. The highest BCUT2D eigenvalue weighted by atomic mass is 127. The Bertz CT molecular complexity index is 239. The quantitative estimate of drug-likeness (QED) is 0.538. The molecule has 2 fully saturated rings. The molecule has 2 saturated heterocycles. The molecular formula is C11H19IN2O. The van der Waals surface area contributed by atoms with E-state index in [1.165, 1.54) is 12.8 Å². The van der Waals surface area contributed by atoms with E-state index in [1.54, 1.807) is 0 Å². The molecule has 86 valence electrons. The van der Waals surface area contributed by atoms with Crippen LogP contribution in [0, 0.1) is 5.92 Å². The Morgan fingerprint density at radius 1 is 1.20 bits per heavy atom. The molecule has 1 atom stereocenters. The Morgan fingerprint density at radius 2 is 1.87 bits per heavy atom. The minimum atomic E-state index is 0.278. The SMILES string of the molecule is CN1CCC(C(=O)N2CCC(I)CC2)C1. The second kappa shape index (κ2) is 4.99. The summed E-state index contributed by atoms with van der Waals surface area (Å²) in [5, 5.41) is 0. The van der Waals surface area contributed by atoms with Crippen molar-refractivity contribution in [3.63, 3.8) is 0 Å². The van der Waals surface area contributed by atoms with Crippen LogP contribution in [-0.4, -0.2) is 52.9 Å². The average Bonchev–Trinajstić information content (AvgIpc) is 2.65. The molecule has 0 bridgehead atoms. The lowest BCUT2D eigenvalue weighted by Crippen LogP contribution is -2.42. The van der Waals surface area contributed by atoms with Crippen molar-refractivity contribution in [2.24, 2.45) is 5.92 Å². The fraction of sp³-hybridized carbons (Fsp3) is 0.909. The standard InChI is InChI=1S/C11H19IN2O/c1-13-5-2-9(8-13)11(15)14-6-3-10(12)4-7-14/h9-10H,2-8H2,1H3. The summed E-state index contributed by atoms with van der Waals surface area (Å²) in [5.74, 6) is 0.684. The molecule has 0 N–H and O–H groups in total. The summed E-state index contributed by atoms with van der Waals surface area (Å²) in [5.41, 5.74) is 0. The highest BCUT2D eigenvalue weighted by Gasteiger charge is 2.31. The minimum absolute atomic E-state index is 0.278. The van der Waals surface area contributed by atoms with Gasteiger partial charge in [0.15, 0.2) is 0 Å². The lowest BCUT2D eigenvalue weighted by molar-refractivity contribution is -0.135. The van der Waals surface area contributed by atoms with Gasteiger partial charge in [-0.05, 0) is 32.9 Å². The van der Waals surface area contributed by atoms with Crippen molar-refractivity contribution >= 4 is 28.5 Å². The van der Waals surface area contributed by atoms with Gasteiger partial charge in [-0.2, -0.15) is 0 Å². The molecule has 3 nitrogen and oxygen atoms in total. The summed E-state index contributed by atoms with van der Waals surface area (Å²) < 4.78 is 0.776. The number of hydrogen-bond acceptors (Lipinski definition) is 2. The molecule has 0 aromatic heterocycles. The van der Waals surface area contributed by atoms with E-state index in [1.807, 2.05) is 0 Å². The number of carbonyl (C=O) groups excluding carboxylic acids is 1. The van der Waals surface area contributed by atoms with Crippen LogP contribution < -0.4 is 0 Å². The summed E-state index contributed by atoms with van der Waals surface area (Å²) >= 11 is 2.50. The van der Waals surface area contributed by atoms with E-state index in [0.29, 0.717) is 5.91 Å². The van der Waals surface area contributed by atoms with Crippen molar-refractivity contribution in [3.8, 4) is 0 Å². The molecule has 1 unspecified atom stereocenters. The second-order valence-corrected chi connectivity index (χ2v) is 6.51. The molecule has 15 heavy (non-hydrogen) atoms. The van der Waals surface area contributed by atoms with E-state index in [0.717, 1.165) is 36.5 Å². The van der Waals surface area contributed by atoms with Crippen molar-refractivity contribution in [1.82, 2.24) is 9.80 Å². The van der Waals surface area contributed by atoms with Crippen LogP contribution in [0.2, 0.25) is 0 Å². The first kappa shape index (κ1) is 11.6. The third kappa shape index (κ3) is 2.84. The van der Waals surface area contributed by atoms with E-state index in [2.05, 4.69) is 39.4 Å². The highest BCUT2D eigenvalue weighted by molar-refractivity contribution is 14.1. The van der Waals surface area contributed by atoms with Crippen LogP contribution in [0.1, 0.15) is 19.3 Å². The van der Waals surface area contributed by atoms with E-state index >= 15 is 0 Å². The van der Waals surface area contributed by atoms with Gasteiger partial charge >= 0.3 is 0 Å². The van der Waals surface area contributed by atoms with Crippen LogP contribution in [0.5, 0.6) is 0 Å². The number of nitrogens with zero attached hydrogens (tertiary/aromatic N) is 2. The first-order valence-corrected chi connectivity index (χ1v) is 7.03. The number of alkyl halides is 1. The molecule has 0 aliphatic carbocycles. The van der Waals surface area contributed by atoms with E-state index in [4.69, 9.17) is 0 Å². The highest BCUT2D eigenvalue weighted by Crippen LogP contribution is 2.22. The van der Waals surface area contributed by atoms with Crippen LogP contribution in [0.4, 0.5) is 0 Å². The number of carbonyl (C=O) groups is 1. The molecule has 0 radical (unpaired) electrons. The van der Waals surface area contributed by atoms with E-state index < -0.39 is 0 Å². The summed E-state index contributed by atoms with van der Waals surface area (Å²) in [4.78, 5) is 16.5. The van der Waals surface area contributed by atoms with Crippen LogP contribution in [0.25, 0.3) is 0 Å². The Hall–Kier alpha value is 0.160. The van der Waals surface area contributed by atoms with Gasteiger partial charge in [0.25, 0.3) is 0 Å². The molecular weight excluding hydrogens is 303 g/mol. The van der Waals surface area contributed by atoms with Gasteiger partial charge in [-0.25, -0.2) is 0 Å². The zero-order valence-electron chi connectivity index (χ0n) is 9.29. The van der Waals surface area contributed by atoms with Crippen molar-refractivity contribution in [3.05, 3.63) is 0 Å². The average molecular weight is 322 g/mol. The number of amides is 1. The molecule has 0 saturated carbocycles. The largest absolute Gasteiger partial charge is 0.342 e. The van der Waals surface area contributed by atoms with Gasteiger partial charge in [-0.1, -0.05) is 22.6 Å². The molecule has 0 spiro atoms. The molecule has 1 amide bonds. The normalized spacial score (nSPS) is 29.7. The Kier molecular flexibility index (Phi) is 3.88. The Morgan fingerprint density at radius 3 is 2.40 bits per heavy atom. The fourth-order valence-corrected chi connectivity index (χ4v) is 3.02. The smallest absolute Gasteiger partial charge is 0.227 e. The van der Waals surface area contributed by atoms with Gasteiger partial charge in [0.1, 0.15) is 0 Å². The molecule has 0 aromatic carbocycles. The Labute approximate surface area is 105 Å². The lowest BCUT2D eigenvalue weighted by atomic mass is 10.0. The summed E-state index contributed by atoms with van der Waals surface area (Å²) in [7, 11) is 2.10. The number of piperidine rings is 1. The zero-order valence-corrected chi connectivity index (χ0v) is 11.4. The molecule has 2 aliphatic rings. The van der Waals surface area contributed by atoms with E-state index in [-0.39, 0.29) is 5.92 Å². The van der Waals surface area contributed by atoms with Crippen LogP contribution in [0.15, 0.2) is 0 Å². The predicted molar refractivity (Wildman–Crippen MR) is 69.2 cm³/mol. The zero-order chi connectivity index (χ0) is 10.8. The minimum Gasteiger partial charge on any atom is -0.342 e. The summed E-state index contributed by atoms with van der Waals surface area (Å²) in [6, 6.07) is 0. The number of rotatable bonds is 1. The molecule has 4 heteroatoms. The Balaban J connectivity index is 1.85. The fourth-order valence-electron chi connectivity index (χ4n) is 2.46. The monoisotopic (exact) mass is 322 g/mol. The third-order valence-electron chi connectivity index (χ3n) is 3.48. The first-order valence-electron chi connectivity index (χ1n) is 5.78. The number of halogens is 1. The van der Waals surface area contributed by atoms with Crippen LogP contribution >= 0.6 is 22.6 Å². The molecule has 0 aromatic rings. The number of hydrogen-bond donors (Lipinski definition) is 0. The molecule has 2 aliphatic heterocycles. The van der Waals surface area contributed by atoms with Gasteiger partial charge in [-0.3, -0.25) is 4.79 Å². The topological polar surface area (TPSA) is 23.6 Å². The van der Waals surface area contributed by atoms with Crippen molar-refractivity contribution in [2.75, 3.05) is 33.2 Å².